The van der Waals surface area contributed by atoms with Crippen molar-refractivity contribution in [3.05, 3.63) is 30.1 Å². The van der Waals surface area contributed by atoms with E-state index in [9.17, 15) is 9.18 Å². The summed E-state index contributed by atoms with van der Waals surface area (Å²) in [5.74, 6) is -0.616. The number of para-hydroxylation sites is 1. The highest BCUT2D eigenvalue weighted by atomic mass is 19.1. The third kappa shape index (κ3) is 3.55. The Morgan fingerprint density at radius 2 is 1.86 bits per heavy atom. The van der Waals surface area contributed by atoms with Crippen molar-refractivity contribution < 1.29 is 13.9 Å². The molecule has 0 unspecified atom stereocenters. The van der Waals surface area contributed by atoms with Gasteiger partial charge in [0.1, 0.15) is 11.4 Å². The normalized spacial score (nSPS) is 19.8. The van der Waals surface area contributed by atoms with E-state index in [4.69, 9.17) is 4.74 Å². The molecule has 1 aliphatic carbocycles. The summed E-state index contributed by atoms with van der Waals surface area (Å²) >= 11 is 0. The number of benzene rings is 1. The van der Waals surface area contributed by atoms with E-state index in [0.29, 0.717) is 25.1 Å². The standard InChI is InChI=1S/C17H24FNO2/c1-4-21-15(20)17(11-9-16(2,3)10-12-17)19-14-8-6-5-7-13(14)18/h5-8,19H,4,9-12H2,1-3H3. The first-order valence-electron chi connectivity index (χ1n) is 7.58. The molecule has 0 aromatic heterocycles. The van der Waals surface area contributed by atoms with Gasteiger partial charge in [-0.1, -0.05) is 26.0 Å². The van der Waals surface area contributed by atoms with Gasteiger partial charge >= 0.3 is 5.97 Å². The molecular weight excluding hydrogens is 269 g/mol. The van der Waals surface area contributed by atoms with Crippen LogP contribution in [0.3, 0.4) is 0 Å². The van der Waals surface area contributed by atoms with Crippen LogP contribution < -0.4 is 5.32 Å². The van der Waals surface area contributed by atoms with Crippen molar-refractivity contribution >= 4 is 11.7 Å². The molecule has 1 aliphatic rings. The van der Waals surface area contributed by atoms with Crippen LogP contribution in [-0.2, 0) is 9.53 Å². The Kier molecular flexibility index (Phi) is 4.55. The lowest BCUT2D eigenvalue weighted by molar-refractivity contribution is -0.150. The van der Waals surface area contributed by atoms with Crippen molar-refractivity contribution in [1.82, 2.24) is 0 Å². The second kappa shape index (κ2) is 6.04. The third-order valence-corrected chi connectivity index (χ3v) is 4.37. The van der Waals surface area contributed by atoms with Crippen molar-refractivity contribution in [2.75, 3.05) is 11.9 Å². The zero-order chi connectivity index (χ0) is 15.5. The summed E-state index contributed by atoms with van der Waals surface area (Å²) in [6.45, 7) is 6.53. The largest absolute Gasteiger partial charge is 0.464 e. The van der Waals surface area contributed by atoms with E-state index < -0.39 is 5.54 Å². The molecule has 1 N–H and O–H groups in total. The Balaban J connectivity index is 2.25. The average molecular weight is 293 g/mol. The van der Waals surface area contributed by atoms with E-state index in [0.717, 1.165) is 12.8 Å². The van der Waals surface area contributed by atoms with E-state index in [1.54, 1.807) is 25.1 Å². The second-order valence-corrected chi connectivity index (χ2v) is 6.57. The number of carbonyl (C=O) groups is 1. The summed E-state index contributed by atoms with van der Waals surface area (Å²) in [5.41, 5.74) is -0.231. The molecule has 0 aliphatic heterocycles. The van der Waals surface area contributed by atoms with Gasteiger partial charge in [0.25, 0.3) is 0 Å². The smallest absolute Gasteiger partial charge is 0.331 e. The summed E-state index contributed by atoms with van der Waals surface area (Å²) < 4.78 is 19.1. The highest BCUT2D eigenvalue weighted by Gasteiger charge is 2.45. The number of anilines is 1. The molecule has 1 aromatic carbocycles. The highest BCUT2D eigenvalue weighted by molar-refractivity contribution is 5.84. The maximum absolute atomic E-state index is 13.9. The van der Waals surface area contributed by atoms with Gasteiger partial charge in [-0.2, -0.15) is 0 Å². The maximum Gasteiger partial charge on any atom is 0.331 e. The minimum absolute atomic E-state index is 0.215. The zero-order valence-corrected chi connectivity index (χ0v) is 13.0. The van der Waals surface area contributed by atoms with Crippen molar-refractivity contribution in [3.63, 3.8) is 0 Å². The minimum Gasteiger partial charge on any atom is -0.464 e. The molecule has 1 saturated carbocycles. The molecule has 0 radical (unpaired) electrons. The lowest BCUT2D eigenvalue weighted by Crippen LogP contribution is -2.51. The van der Waals surface area contributed by atoms with E-state index in [1.165, 1.54) is 6.07 Å². The van der Waals surface area contributed by atoms with Gasteiger partial charge in [0, 0.05) is 0 Å². The van der Waals surface area contributed by atoms with Gasteiger partial charge in [-0.25, -0.2) is 9.18 Å². The van der Waals surface area contributed by atoms with E-state index in [2.05, 4.69) is 19.2 Å². The number of carbonyl (C=O) groups excluding carboxylic acids is 1. The van der Waals surface area contributed by atoms with Crippen molar-refractivity contribution in [2.45, 2.75) is 52.0 Å². The highest BCUT2D eigenvalue weighted by Crippen LogP contribution is 2.42. The fraction of sp³-hybridized carbons (Fsp3) is 0.588. The van der Waals surface area contributed by atoms with Gasteiger partial charge < -0.3 is 10.1 Å². The first-order chi connectivity index (χ1) is 9.88. The molecule has 0 spiro atoms. The number of halogens is 1. The number of ether oxygens (including phenoxy) is 1. The molecule has 2 rings (SSSR count). The van der Waals surface area contributed by atoms with Crippen molar-refractivity contribution in [3.8, 4) is 0 Å². The monoisotopic (exact) mass is 293 g/mol. The van der Waals surface area contributed by atoms with Gasteiger partial charge in [-0.15, -0.1) is 0 Å². The molecule has 21 heavy (non-hydrogen) atoms. The molecule has 0 heterocycles. The van der Waals surface area contributed by atoms with Gasteiger partial charge in [-0.3, -0.25) is 0 Å². The Morgan fingerprint density at radius 1 is 1.24 bits per heavy atom. The lowest BCUT2D eigenvalue weighted by atomic mass is 9.69. The predicted molar refractivity (Wildman–Crippen MR) is 81.6 cm³/mol. The number of hydrogen-bond acceptors (Lipinski definition) is 3. The van der Waals surface area contributed by atoms with Crippen molar-refractivity contribution in [1.29, 1.82) is 0 Å². The van der Waals surface area contributed by atoms with E-state index in [-0.39, 0.29) is 17.2 Å². The molecule has 0 amide bonds. The summed E-state index contributed by atoms with van der Waals surface area (Å²) in [4.78, 5) is 12.4. The maximum atomic E-state index is 13.9. The topological polar surface area (TPSA) is 38.3 Å². The molecule has 0 atom stereocenters. The second-order valence-electron chi connectivity index (χ2n) is 6.57. The van der Waals surface area contributed by atoms with Crippen LogP contribution >= 0.6 is 0 Å². The molecule has 0 saturated heterocycles. The zero-order valence-electron chi connectivity index (χ0n) is 13.0. The molecule has 3 nitrogen and oxygen atoms in total. The molecule has 1 fully saturated rings. The molecule has 1 aromatic rings. The summed E-state index contributed by atoms with van der Waals surface area (Å²) in [6.07, 6.45) is 3.14. The quantitative estimate of drug-likeness (QED) is 0.848. The first-order valence-corrected chi connectivity index (χ1v) is 7.58. The predicted octanol–water partition coefficient (Wildman–Crippen LogP) is 4.14. The summed E-state index contributed by atoms with van der Waals surface area (Å²) in [5, 5.41) is 3.14. The third-order valence-electron chi connectivity index (χ3n) is 4.37. The summed E-state index contributed by atoms with van der Waals surface area (Å²) in [6, 6.07) is 6.46. The number of esters is 1. The Bertz CT molecular complexity index is 503. The molecular formula is C17H24FNO2. The number of nitrogens with one attached hydrogen (secondary N) is 1. The van der Waals surface area contributed by atoms with Crippen LogP contribution in [0.1, 0.15) is 46.5 Å². The fourth-order valence-electron chi connectivity index (χ4n) is 2.82. The minimum atomic E-state index is -0.812. The lowest BCUT2D eigenvalue weighted by Gasteiger charge is -2.42. The van der Waals surface area contributed by atoms with Crippen LogP contribution in [0, 0.1) is 11.2 Å². The number of rotatable bonds is 4. The Hall–Kier alpha value is -1.58. The SMILES string of the molecule is CCOC(=O)C1(Nc2ccccc2F)CCC(C)(C)CC1. The van der Waals surface area contributed by atoms with Crippen molar-refractivity contribution in [2.24, 2.45) is 5.41 Å². The summed E-state index contributed by atoms with van der Waals surface area (Å²) in [7, 11) is 0. The number of hydrogen-bond donors (Lipinski definition) is 1. The van der Waals surface area contributed by atoms with Gasteiger partial charge in [0.2, 0.25) is 0 Å². The van der Waals surface area contributed by atoms with Gasteiger partial charge in [0.05, 0.1) is 12.3 Å². The average Bonchev–Trinajstić information content (AvgIpc) is 2.44. The van der Waals surface area contributed by atoms with Crippen LogP contribution in [0.5, 0.6) is 0 Å². The molecule has 4 heteroatoms. The van der Waals surface area contributed by atoms with E-state index in [1.807, 2.05) is 0 Å². The Labute approximate surface area is 125 Å². The van der Waals surface area contributed by atoms with Crippen LogP contribution in [0.2, 0.25) is 0 Å². The fourth-order valence-corrected chi connectivity index (χ4v) is 2.82. The molecule has 116 valence electrons. The van der Waals surface area contributed by atoms with E-state index >= 15 is 0 Å². The molecule has 0 bridgehead atoms. The van der Waals surface area contributed by atoms with Crippen LogP contribution in [0.15, 0.2) is 24.3 Å². The van der Waals surface area contributed by atoms with Crippen LogP contribution in [0.25, 0.3) is 0 Å². The van der Waals surface area contributed by atoms with Gasteiger partial charge in [-0.05, 0) is 50.2 Å². The first kappa shape index (κ1) is 15.8. The van der Waals surface area contributed by atoms with Crippen LogP contribution in [-0.4, -0.2) is 18.1 Å². The van der Waals surface area contributed by atoms with Gasteiger partial charge in [0.15, 0.2) is 0 Å². The van der Waals surface area contributed by atoms with Crippen LogP contribution in [0.4, 0.5) is 10.1 Å². The Morgan fingerprint density at radius 3 is 2.43 bits per heavy atom.